The van der Waals surface area contributed by atoms with Gasteiger partial charge in [-0.3, -0.25) is 0 Å². The first-order chi connectivity index (χ1) is 12.0. The van der Waals surface area contributed by atoms with E-state index >= 15 is 0 Å². The van der Waals surface area contributed by atoms with E-state index in [0.717, 1.165) is 38.5 Å². The van der Waals surface area contributed by atoms with E-state index in [4.69, 9.17) is 33.1 Å². The maximum absolute atomic E-state index is 10.3. The fraction of sp³-hybridized carbons (Fsp3) is 0.875. The van der Waals surface area contributed by atoms with E-state index in [9.17, 15) is 19.8 Å². The Balaban J connectivity index is 0.000000483. The van der Waals surface area contributed by atoms with Crippen LogP contribution in [0.2, 0.25) is 0 Å². The summed E-state index contributed by atoms with van der Waals surface area (Å²) in [7, 11) is 0. The van der Waals surface area contributed by atoms with Gasteiger partial charge in [0.25, 0.3) is 0 Å². The molecule has 2 fully saturated rings. The predicted molar refractivity (Wildman–Crippen MR) is 88.2 cm³/mol. The van der Waals surface area contributed by atoms with Crippen LogP contribution >= 0.6 is 0 Å². The molecule has 0 aromatic rings. The molecule has 0 aromatic heterocycles. The van der Waals surface area contributed by atoms with Gasteiger partial charge >= 0.3 is 21.1 Å². The average molecular weight is 570 g/mol. The number of hydrogen-bond acceptors (Lipinski definition) is 10. The van der Waals surface area contributed by atoms with Gasteiger partial charge in [0.15, 0.2) is 0 Å². The van der Waals surface area contributed by atoms with Crippen LogP contribution in [0.1, 0.15) is 51.4 Å². The number of aliphatic hydroxyl groups excluding tert-OH is 2. The molecule has 0 aliphatic heterocycles. The second-order valence-corrected chi connectivity index (χ2v) is 7.56. The molecular weight excluding hydrogens is 539 g/mol. The molecule has 160 valence electrons. The first kappa shape index (κ1) is 26.4. The third-order valence-corrected chi connectivity index (χ3v) is 5.86. The van der Waals surface area contributed by atoms with Crippen LogP contribution in [-0.2, 0) is 30.7 Å². The molecule has 2 rings (SSSR count). The summed E-state index contributed by atoms with van der Waals surface area (Å²) in [5.74, 6) is -2.90. The molecule has 0 aromatic carbocycles. The van der Waals surface area contributed by atoms with E-state index in [1.165, 1.54) is 0 Å². The first-order valence-corrected chi connectivity index (χ1v) is 8.76. The minimum atomic E-state index is -1.45. The Morgan fingerprint density at radius 2 is 1.04 bits per heavy atom. The quantitative estimate of drug-likeness (QED) is 0.155. The van der Waals surface area contributed by atoms with Crippen LogP contribution in [0.5, 0.6) is 0 Å². The van der Waals surface area contributed by atoms with Crippen molar-refractivity contribution >= 4 is 11.9 Å². The molecule has 0 amide bonds. The van der Waals surface area contributed by atoms with Gasteiger partial charge in [-0.05, 0) is 38.5 Å². The van der Waals surface area contributed by atoms with Gasteiger partial charge in [-0.25, -0.2) is 0 Å². The maximum atomic E-state index is 10.3. The van der Waals surface area contributed by atoms with E-state index in [0.29, 0.717) is 0 Å². The van der Waals surface area contributed by atoms with E-state index in [-0.39, 0.29) is 44.7 Å². The van der Waals surface area contributed by atoms with E-state index in [1.807, 2.05) is 0 Å². The Bertz CT molecular complexity index is 453. The molecule has 0 heterocycles. The first-order valence-electron chi connectivity index (χ1n) is 8.76. The van der Waals surface area contributed by atoms with Gasteiger partial charge in [-0.1, -0.05) is 12.8 Å². The predicted octanol–water partition coefficient (Wildman–Crippen LogP) is -4.20. The molecule has 27 heavy (non-hydrogen) atoms. The van der Waals surface area contributed by atoms with Gasteiger partial charge < -0.3 is 52.9 Å². The number of aliphatic carboxylic acids is 2. The van der Waals surface area contributed by atoms with Crippen molar-refractivity contribution in [2.75, 3.05) is 0 Å². The zero-order valence-electron chi connectivity index (χ0n) is 15.1. The van der Waals surface area contributed by atoms with Crippen molar-refractivity contribution in [1.29, 1.82) is 0 Å². The number of nitrogens with two attached hydrogens (primary N) is 4. The number of hydrogen-bond donors (Lipinski definition) is 6. The maximum Gasteiger partial charge on any atom is 2.00 e. The zero-order chi connectivity index (χ0) is 20.1. The summed E-state index contributed by atoms with van der Waals surface area (Å²) in [4.78, 5) is 20.6. The van der Waals surface area contributed by atoms with Crippen LogP contribution < -0.4 is 33.1 Å². The largest absolute Gasteiger partial charge is 2.00 e. The molecule has 0 radical (unpaired) electrons. The van der Waals surface area contributed by atoms with Gasteiger partial charge in [-0.15, -0.1) is 0 Å². The average Bonchev–Trinajstić information content (AvgIpc) is 2.45. The fourth-order valence-corrected chi connectivity index (χ4v) is 3.55. The standard InChI is InChI=1S/2C8H16N2O3.Pt/c2*9-7(10)8(2-1-3-8)4-5(11)6(12)13;/h2*5,7,11H,1-4,9-10H2,(H,12,13);/q;;+2/p-2. The molecular formula is C16H30N4O6Pt. The van der Waals surface area contributed by atoms with Crippen LogP contribution in [0.25, 0.3) is 0 Å². The van der Waals surface area contributed by atoms with E-state index in [1.54, 1.807) is 0 Å². The Labute approximate surface area is 172 Å². The van der Waals surface area contributed by atoms with Crippen LogP contribution in [-0.4, -0.2) is 46.7 Å². The SMILES string of the molecule is NC(N)C1(CC(O)C(=O)[O-])CCC1.NC(N)C1(CC(O)C(=O)[O-])CCC1.[Pt+2]. The monoisotopic (exact) mass is 569 g/mol. The van der Waals surface area contributed by atoms with E-state index < -0.39 is 36.5 Å². The van der Waals surface area contributed by atoms with Crippen molar-refractivity contribution in [3.63, 3.8) is 0 Å². The summed E-state index contributed by atoms with van der Waals surface area (Å²) in [6.45, 7) is 0. The Morgan fingerprint density at radius 1 is 0.778 bits per heavy atom. The second-order valence-electron chi connectivity index (χ2n) is 7.56. The summed E-state index contributed by atoms with van der Waals surface area (Å²) in [6.07, 6.45) is 1.32. The molecule has 2 aliphatic rings. The minimum absolute atomic E-state index is 0. The molecule has 2 atom stereocenters. The number of aliphatic hydroxyl groups is 2. The Kier molecular flexibility index (Phi) is 10.6. The van der Waals surface area contributed by atoms with Gasteiger partial charge in [0.05, 0.1) is 36.5 Å². The number of carboxylic acids is 2. The third kappa shape index (κ3) is 6.74. The van der Waals surface area contributed by atoms with E-state index in [2.05, 4.69) is 0 Å². The number of carboxylic acid groups (broad SMARTS) is 2. The van der Waals surface area contributed by atoms with Crippen LogP contribution in [0, 0.1) is 10.8 Å². The number of carbonyl (C=O) groups is 2. The summed E-state index contributed by atoms with van der Waals surface area (Å²) in [5, 5.41) is 38.8. The third-order valence-electron chi connectivity index (χ3n) is 5.86. The topological polar surface area (TPSA) is 225 Å². The summed E-state index contributed by atoms with van der Waals surface area (Å²) < 4.78 is 0. The molecule has 11 heteroatoms. The summed E-state index contributed by atoms with van der Waals surface area (Å²) in [6, 6.07) is 0. The molecule has 0 saturated heterocycles. The fourth-order valence-electron chi connectivity index (χ4n) is 3.55. The molecule has 10 N–H and O–H groups in total. The Hall–Kier alpha value is -0.612. The molecule has 2 unspecified atom stereocenters. The van der Waals surface area contributed by atoms with Gasteiger partial charge in [0.2, 0.25) is 0 Å². The van der Waals surface area contributed by atoms with Crippen molar-refractivity contribution in [2.45, 2.75) is 75.9 Å². The van der Waals surface area contributed by atoms with Crippen molar-refractivity contribution in [3.05, 3.63) is 0 Å². The van der Waals surface area contributed by atoms with Crippen LogP contribution in [0.3, 0.4) is 0 Å². The molecule has 0 bridgehead atoms. The van der Waals surface area contributed by atoms with Crippen LogP contribution in [0.4, 0.5) is 0 Å². The van der Waals surface area contributed by atoms with Gasteiger partial charge in [-0.2, -0.15) is 0 Å². The van der Waals surface area contributed by atoms with Gasteiger partial charge in [0, 0.05) is 10.8 Å². The van der Waals surface area contributed by atoms with Crippen molar-refractivity contribution in [3.8, 4) is 0 Å². The summed E-state index contributed by atoms with van der Waals surface area (Å²) >= 11 is 0. The smallest absolute Gasteiger partial charge is 0.547 e. The van der Waals surface area contributed by atoms with Crippen molar-refractivity contribution in [1.82, 2.24) is 0 Å². The number of carbonyl (C=O) groups excluding carboxylic acids is 2. The summed E-state index contributed by atoms with van der Waals surface area (Å²) in [5.41, 5.74) is 21.4. The van der Waals surface area contributed by atoms with Crippen molar-refractivity contribution < 1.29 is 51.1 Å². The molecule has 2 aliphatic carbocycles. The number of rotatable bonds is 8. The Morgan fingerprint density at radius 3 is 1.15 bits per heavy atom. The molecule has 2 saturated carbocycles. The second kappa shape index (κ2) is 10.8. The zero-order valence-corrected chi connectivity index (χ0v) is 17.4. The van der Waals surface area contributed by atoms with Crippen LogP contribution in [0.15, 0.2) is 0 Å². The normalized spacial score (nSPS) is 21.6. The molecule has 10 nitrogen and oxygen atoms in total. The molecule has 0 spiro atoms. The minimum Gasteiger partial charge on any atom is -0.547 e. The van der Waals surface area contributed by atoms with Crippen molar-refractivity contribution in [2.24, 2.45) is 33.8 Å². The van der Waals surface area contributed by atoms with Gasteiger partial charge in [0.1, 0.15) is 0 Å².